The lowest BCUT2D eigenvalue weighted by molar-refractivity contribution is 0.402. The normalized spacial score (nSPS) is 12.3. The average molecular weight is 399 g/mol. The Hall–Kier alpha value is -4.19. The van der Waals surface area contributed by atoms with E-state index >= 15 is 0 Å². The number of H-pyrrole nitrogens is 2. The fourth-order valence-electron chi connectivity index (χ4n) is 3.86. The van der Waals surface area contributed by atoms with E-state index in [1.807, 2.05) is 25.3 Å². The van der Waals surface area contributed by atoms with Gasteiger partial charge in [-0.15, -0.1) is 10.2 Å². The van der Waals surface area contributed by atoms with E-state index in [1.54, 1.807) is 25.3 Å². The van der Waals surface area contributed by atoms with Crippen LogP contribution in [0.3, 0.4) is 0 Å². The van der Waals surface area contributed by atoms with Gasteiger partial charge < -0.3 is 14.1 Å². The highest BCUT2D eigenvalue weighted by molar-refractivity contribution is 5.89. The van der Waals surface area contributed by atoms with Crippen molar-refractivity contribution in [2.45, 2.75) is 19.3 Å². The summed E-state index contributed by atoms with van der Waals surface area (Å²) < 4.78 is 11.9. The minimum Gasteiger partial charge on any atom is -0.496 e. The Kier molecular flexibility index (Phi) is 4.17. The summed E-state index contributed by atoms with van der Waals surface area (Å²) in [5, 5.41) is 24.6. The SMILES string of the molecule is COc1cc(C)c2[nH]ccc2c1C(Cc1nn[nH]n1)c1nc2cc(C#N)ccc2o1. The predicted molar refractivity (Wildman–Crippen MR) is 108 cm³/mol. The Morgan fingerprint density at radius 2 is 2.17 bits per heavy atom. The van der Waals surface area contributed by atoms with Crippen molar-refractivity contribution in [3.05, 3.63) is 64.9 Å². The molecule has 148 valence electrons. The van der Waals surface area contributed by atoms with Crippen LogP contribution in [0.25, 0.3) is 22.0 Å². The third-order valence-electron chi connectivity index (χ3n) is 5.22. The van der Waals surface area contributed by atoms with Gasteiger partial charge in [0.25, 0.3) is 0 Å². The number of hydrogen-bond acceptors (Lipinski definition) is 7. The van der Waals surface area contributed by atoms with Gasteiger partial charge in [-0.2, -0.15) is 10.5 Å². The van der Waals surface area contributed by atoms with E-state index in [2.05, 4.69) is 31.7 Å². The van der Waals surface area contributed by atoms with Crippen LogP contribution in [0.2, 0.25) is 0 Å². The Bertz CT molecular complexity index is 1390. The summed E-state index contributed by atoms with van der Waals surface area (Å²) in [6.45, 7) is 2.03. The van der Waals surface area contributed by atoms with E-state index in [1.165, 1.54) is 0 Å². The minimum absolute atomic E-state index is 0.325. The molecule has 5 rings (SSSR count). The number of oxazole rings is 1. The van der Waals surface area contributed by atoms with E-state index in [0.717, 1.165) is 27.8 Å². The molecule has 0 radical (unpaired) electrons. The molecule has 9 heteroatoms. The summed E-state index contributed by atoms with van der Waals surface area (Å²) in [5.41, 5.74) is 4.78. The molecular weight excluding hydrogens is 382 g/mol. The number of rotatable bonds is 5. The first-order chi connectivity index (χ1) is 14.7. The van der Waals surface area contributed by atoms with Gasteiger partial charge in [-0.3, -0.25) is 0 Å². The van der Waals surface area contributed by atoms with Crippen LogP contribution in [0.4, 0.5) is 0 Å². The summed E-state index contributed by atoms with van der Waals surface area (Å²) >= 11 is 0. The molecule has 2 N–H and O–H groups in total. The smallest absolute Gasteiger partial charge is 0.203 e. The predicted octanol–water partition coefficient (Wildman–Crippen LogP) is 3.39. The molecule has 0 amide bonds. The third kappa shape index (κ3) is 2.86. The van der Waals surface area contributed by atoms with Crippen LogP contribution in [0.5, 0.6) is 5.75 Å². The second kappa shape index (κ2) is 7.00. The van der Waals surface area contributed by atoms with Crippen molar-refractivity contribution >= 4 is 22.0 Å². The van der Waals surface area contributed by atoms with Crippen molar-refractivity contribution in [1.29, 1.82) is 5.26 Å². The minimum atomic E-state index is -0.325. The number of nitriles is 1. The topological polar surface area (TPSA) is 129 Å². The Morgan fingerprint density at radius 1 is 1.27 bits per heavy atom. The summed E-state index contributed by atoms with van der Waals surface area (Å²) in [6.07, 6.45) is 2.31. The number of benzene rings is 2. The molecule has 0 aliphatic carbocycles. The number of aryl methyl sites for hydroxylation is 1. The van der Waals surface area contributed by atoms with Crippen LogP contribution in [0, 0.1) is 18.3 Å². The quantitative estimate of drug-likeness (QED) is 0.463. The zero-order valence-electron chi connectivity index (χ0n) is 16.3. The second-order valence-electron chi connectivity index (χ2n) is 7.01. The highest BCUT2D eigenvalue weighted by atomic mass is 16.5. The fourth-order valence-corrected chi connectivity index (χ4v) is 3.86. The molecule has 0 fully saturated rings. The van der Waals surface area contributed by atoms with Gasteiger partial charge in [-0.05, 0) is 42.8 Å². The molecule has 1 unspecified atom stereocenters. The molecule has 0 spiro atoms. The van der Waals surface area contributed by atoms with E-state index in [4.69, 9.17) is 14.1 Å². The van der Waals surface area contributed by atoms with E-state index in [0.29, 0.717) is 34.8 Å². The number of nitrogens with zero attached hydrogens (tertiary/aromatic N) is 5. The summed E-state index contributed by atoms with van der Waals surface area (Å²) in [7, 11) is 1.65. The van der Waals surface area contributed by atoms with Crippen molar-refractivity contribution < 1.29 is 9.15 Å². The molecular formula is C21H17N7O2. The van der Waals surface area contributed by atoms with Crippen LogP contribution in [-0.2, 0) is 6.42 Å². The molecule has 3 aromatic heterocycles. The van der Waals surface area contributed by atoms with E-state index in [-0.39, 0.29) is 5.92 Å². The zero-order valence-corrected chi connectivity index (χ0v) is 16.3. The van der Waals surface area contributed by atoms with Gasteiger partial charge in [0.1, 0.15) is 11.3 Å². The number of fused-ring (bicyclic) bond motifs is 2. The highest BCUT2D eigenvalue weighted by Gasteiger charge is 2.29. The first-order valence-corrected chi connectivity index (χ1v) is 9.35. The number of aromatic amines is 2. The molecule has 1 atom stereocenters. The number of nitrogens with one attached hydrogen (secondary N) is 2. The molecule has 0 aliphatic heterocycles. The fraction of sp³-hybridized carbons (Fsp3) is 0.190. The lowest BCUT2D eigenvalue weighted by Gasteiger charge is -2.18. The lowest BCUT2D eigenvalue weighted by Crippen LogP contribution is -2.09. The van der Waals surface area contributed by atoms with Gasteiger partial charge in [0.05, 0.1) is 24.7 Å². The van der Waals surface area contributed by atoms with Crippen molar-refractivity contribution in [2.75, 3.05) is 7.11 Å². The monoisotopic (exact) mass is 399 g/mol. The lowest BCUT2D eigenvalue weighted by atomic mass is 9.90. The maximum atomic E-state index is 9.20. The van der Waals surface area contributed by atoms with Crippen LogP contribution in [0.1, 0.15) is 34.3 Å². The van der Waals surface area contributed by atoms with Crippen molar-refractivity contribution in [3.8, 4) is 11.8 Å². The van der Waals surface area contributed by atoms with Crippen LogP contribution in [0.15, 0.2) is 40.9 Å². The van der Waals surface area contributed by atoms with Crippen molar-refractivity contribution in [3.63, 3.8) is 0 Å². The summed E-state index contributed by atoms with van der Waals surface area (Å²) in [6, 6.07) is 11.3. The van der Waals surface area contributed by atoms with Crippen LogP contribution in [-0.4, -0.2) is 37.7 Å². The number of aromatic nitrogens is 6. The maximum Gasteiger partial charge on any atom is 0.203 e. The number of tetrazole rings is 1. The summed E-state index contributed by atoms with van der Waals surface area (Å²) in [4.78, 5) is 7.99. The molecule has 0 saturated carbocycles. The van der Waals surface area contributed by atoms with E-state index < -0.39 is 0 Å². The Balaban J connectivity index is 1.75. The molecule has 5 aromatic rings. The van der Waals surface area contributed by atoms with Crippen molar-refractivity contribution in [2.24, 2.45) is 0 Å². The Morgan fingerprint density at radius 3 is 2.93 bits per heavy atom. The Labute approximate surface area is 170 Å². The van der Waals surface area contributed by atoms with Gasteiger partial charge in [-0.1, -0.05) is 5.21 Å². The largest absolute Gasteiger partial charge is 0.496 e. The molecule has 9 nitrogen and oxygen atoms in total. The molecule has 3 heterocycles. The van der Waals surface area contributed by atoms with Crippen molar-refractivity contribution in [1.82, 2.24) is 30.6 Å². The van der Waals surface area contributed by atoms with Gasteiger partial charge in [0, 0.05) is 29.1 Å². The average Bonchev–Trinajstić information content (AvgIpc) is 3.51. The number of hydrogen-bond donors (Lipinski definition) is 2. The summed E-state index contributed by atoms with van der Waals surface area (Å²) in [5.74, 6) is 1.43. The molecule has 0 bridgehead atoms. The van der Waals surface area contributed by atoms with E-state index in [9.17, 15) is 5.26 Å². The van der Waals surface area contributed by atoms with Gasteiger partial charge in [0.15, 0.2) is 11.4 Å². The number of ether oxygens (including phenoxy) is 1. The first kappa shape index (κ1) is 17.9. The molecule has 0 saturated heterocycles. The van der Waals surface area contributed by atoms with Crippen LogP contribution >= 0.6 is 0 Å². The van der Waals surface area contributed by atoms with Gasteiger partial charge in [-0.25, -0.2) is 4.98 Å². The molecule has 2 aromatic carbocycles. The zero-order chi connectivity index (χ0) is 20.7. The van der Waals surface area contributed by atoms with Gasteiger partial charge >= 0.3 is 0 Å². The van der Waals surface area contributed by atoms with Crippen LogP contribution < -0.4 is 4.74 Å². The molecule has 30 heavy (non-hydrogen) atoms. The van der Waals surface area contributed by atoms with Gasteiger partial charge in [0.2, 0.25) is 5.89 Å². The highest BCUT2D eigenvalue weighted by Crippen LogP contribution is 2.40. The maximum absolute atomic E-state index is 9.20. The molecule has 0 aliphatic rings. The first-order valence-electron chi connectivity index (χ1n) is 9.35. The number of methoxy groups -OCH3 is 1. The standard InChI is InChI=1S/C21H17N7O2/c1-11-7-17(29-2)19(13-5-6-23-20(11)13)14(9-18-25-27-28-26-18)21-24-15-8-12(10-22)3-4-16(15)30-21/h3-8,14,23H,9H2,1-2H3,(H,25,26,27,28). The second-order valence-corrected chi connectivity index (χ2v) is 7.01. The third-order valence-corrected chi connectivity index (χ3v) is 5.22.